The predicted molar refractivity (Wildman–Crippen MR) is 87.2 cm³/mol. The first-order valence-electron chi connectivity index (χ1n) is 7.29. The van der Waals surface area contributed by atoms with Crippen LogP contribution in [0.1, 0.15) is 23.6 Å². The smallest absolute Gasteiger partial charge is 0.231 e. The highest BCUT2D eigenvalue weighted by Crippen LogP contribution is 2.18. The van der Waals surface area contributed by atoms with Gasteiger partial charge in [-0.1, -0.05) is 36.4 Å². The van der Waals surface area contributed by atoms with Gasteiger partial charge in [0.2, 0.25) is 5.91 Å². The van der Waals surface area contributed by atoms with Crippen LogP contribution in [0.25, 0.3) is 0 Å². The molecule has 0 radical (unpaired) electrons. The van der Waals surface area contributed by atoms with Gasteiger partial charge in [-0.3, -0.25) is 4.79 Å². The van der Waals surface area contributed by atoms with E-state index in [0.717, 1.165) is 22.4 Å². The highest BCUT2D eigenvalue weighted by atomic mass is 16.2. The van der Waals surface area contributed by atoms with E-state index in [0.29, 0.717) is 19.5 Å². The Kier molecular flexibility index (Phi) is 5.12. The Labute approximate surface area is 126 Å². The maximum absolute atomic E-state index is 12.6. The van der Waals surface area contributed by atoms with Crippen LogP contribution < -0.4 is 10.6 Å². The van der Waals surface area contributed by atoms with Gasteiger partial charge in [-0.15, -0.1) is 0 Å². The molecule has 0 bridgehead atoms. The lowest BCUT2D eigenvalue weighted by molar-refractivity contribution is -0.117. The molecule has 3 heteroatoms. The number of carbonyl (C=O) groups is 1. The molecule has 1 amide bonds. The van der Waals surface area contributed by atoms with E-state index >= 15 is 0 Å². The zero-order chi connectivity index (χ0) is 15.2. The van der Waals surface area contributed by atoms with Crippen LogP contribution >= 0.6 is 0 Å². The number of aryl methyl sites for hydroxylation is 1. The fraction of sp³-hybridized carbons (Fsp3) is 0.278. The van der Waals surface area contributed by atoms with Gasteiger partial charge in [0.15, 0.2) is 0 Å². The lowest BCUT2D eigenvalue weighted by atomic mass is 10.0. The van der Waals surface area contributed by atoms with Crippen molar-refractivity contribution in [2.24, 2.45) is 5.73 Å². The number of benzene rings is 2. The molecule has 3 nitrogen and oxygen atoms in total. The van der Waals surface area contributed by atoms with Crippen LogP contribution in [0.5, 0.6) is 0 Å². The van der Waals surface area contributed by atoms with Gasteiger partial charge in [0, 0.05) is 18.8 Å². The van der Waals surface area contributed by atoms with Crippen LogP contribution in [0, 0.1) is 6.92 Å². The predicted octanol–water partition coefficient (Wildman–Crippen LogP) is 3.05. The fourth-order valence-corrected chi connectivity index (χ4v) is 2.49. The van der Waals surface area contributed by atoms with E-state index in [1.165, 1.54) is 0 Å². The van der Waals surface area contributed by atoms with Crippen LogP contribution in [-0.2, 0) is 17.8 Å². The Morgan fingerprint density at radius 2 is 1.81 bits per heavy atom. The Balaban J connectivity index is 2.21. The van der Waals surface area contributed by atoms with Crippen molar-refractivity contribution in [2.45, 2.75) is 26.8 Å². The summed E-state index contributed by atoms with van der Waals surface area (Å²) in [6, 6.07) is 15.9. The van der Waals surface area contributed by atoms with Crippen LogP contribution in [0.3, 0.4) is 0 Å². The molecule has 0 aliphatic carbocycles. The number of amides is 1. The van der Waals surface area contributed by atoms with Crippen molar-refractivity contribution < 1.29 is 4.79 Å². The second-order valence-electron chi connectivity index (χ2n) is 5.13. The van der Waals surface area contributed by atoms with Crippen LogP contribution in [0.4, 0.5) is 5.69 Å². The second kappa shape index (κ2) is 7.04. The van der Waals surface area contributed by atoms with Crippen LogP contribution in [-0.4, -0.2) is 12.5 Å². The summed E-state index contributed by atoms with van der Waals surface area (Å²) in [7, 11) is 0. The highest BCUT2D eigenvalue weighted by molar-refractivity contribution is 5.94. The van der Waals surface area contributed by atoms with Crippen molar-refractivity contribution in [3.05, 3.63) is 65.2 Å². The zero-order valence-corrected chi connectivity index (χ0v) is 12.7. The molecule has 2 aromatic rings. The Hall–Kier alpha value is -2.13. The van der Waals surface area contributed by atoms with Crippen LogP contribution in [0.2, 0.25) is 0 Å². The Bertz CT molecular complexity index is 622. The van der Waals surface area contributed by atoms with Gasteiger partial charge in [-0.05, 0) is 42.7 Å². The molecule has 0 spiro atoms. The van der Waals surface area contributed by atoms with Crippen LogP contribution in [0.15, 0.2) is 48.5 Å². The van der Waals surface area contributed by atoms with Crippen molar-refractivity contribution in [2.75, 3.05) is 11.4 Å². The highest BCUT2D eigenvalue weighted by Gasteiger charge is 2.15. The van der Waals surface area contributed by atoms with Gasteiger partial charge >= 0.3 is 0 Å². The van der Waals surface area contributed by atoms with E-state index in [4.69, 9.17) is 5.73 Å². The second-order valence-corrected chi connectivity index (χ2v) is 5.13. The third-order valence-corrected chi connectivity index (χ3v) is 3.61. The molecule has 0 saturated carbocycles. The van der Waals surface area contributed by atoms with Crippen molar-refractivity contribution in [1.29, 1.82) is 0 Å². The largest absolute Gasteiger partial charge is 0.326 e. The third kappa shape index (κ3) is 3.70. The van der Waals surface area contributed by atoms with E-state index in [1.807, 2.05) is 67.3 Å². The van der Waals surface area contributed by atoms with Gasteiger partial charge < -0.3 is 10.6 Å². The molecule has 0 unspecified atom stereocenters. The zero-order valence-electron chi connectivity index (χ0n) is 12.7. The van der Waals surface area contributed by atoms with Crippen molar-refractivity contribution in [3.8, 4) is 0 Å². The van der Waals surface area contributed by atoms with Crippen molar-refractivity contribution in [1.82, 2.24) is 0 Å². The number of nitrogens with two attached hydrogens (primary N) is 1. The number of carbonyl (C=O) groups excluding carboxylic acids is 1. The molecule has 2 aromatic carbocycles. The van der Waals surface area contributed by atoms with Crippen molar-refractivity contribution in [3.63, 3.8) is 0 Å². The molecule has 0 heterocycles. The first-order valence-corrected chi connectivity index (χ1v) is 7.29. The minimum Gasteiger partial charge on any atom is -0.326 e. The minimum absolute atomic E-state index is 0.101. The number of rotatable bonds is 5. The van der Waals surface area contributed by atoms with E-state index in [9.17, 15) is 4.79 Å². The molecule has 0 aliphatic heterocycles. The summed E-state index contributed by atoms with van der Waals surface area (Å²) in [6.45, 7) is 5.15. The molecule has 0 atom stereocenters. The maximum Gasteiger partial charge on any atom is 0.231 e. The molecule has 0 aromatic heterocycles. The molecular weight excluding hydrogens is 260 g/mol. The van der Waals surface area contributed by atoms with E-state index < -0.39 is 0 Å². The first-order chi connectivity index (χ1) is 10.2. The Morgan fingerprint density at radius 1 is 1.10 bits per heavy atom. The molecule has 0 fully saturated rings. The number of anilines is 1. The van der Waals surface area contributed by atoms with Gasteiger partial charge in [-0.25, -0.2) is 0 Å². The topological polar surface area (TPSA) is 46.3 Å². The summed E-state index contributed by atoms with van der Waals surface area (Å²) < 4.78 is 0. The maximum atomic E-state index is 12.6. The quantitative estimate of drug-likeness (QED) is 0.916. The summed E-state index contributed by atoms with van der Waals surface area (Å²) in [5.41, 5.74) is 9.89. The molecule has 110 valence electrons. The van der Waals surface area contributed by atoms with Crippen molar-refractivity contribution >= 4 is 11.6 Å². The van der Waals surface area contributed by atoms with E-state index in [1.54, 1.807) is 0 Å². The van der Waals surface area contributed by atoms with Gasteiger partial charge in [0.1, 0.15) is 0 Å². The average Bonchev–Trinajstić information content (AvgIpc) is 2.48. The van der Waals surface area contributed by atoms with E-state index in [-0.39, 0.29) is 5.91 Å². The monoisotopic (exact) mass is 282 g/mol. The minimum atomic E-state index is 0.101. The molecule has 0 saturated heterocycles. The molecule has 21 heavy (non-hydrogen) atoms. The van der Waals surface area contributed by atoms with Gasteiger partial charge in [-0.2, -0.15) is 0 Å². The summed E-state index contributed by atoms with van der Waals surface area (Å²) in [6.07, 6.45) is 0.384. The lowest BCUT2D eigenvalue weighted by Gasteiger charge is -2.22. The molecule has 2 rings (SSSR count). The van der Waals surface area contributed by atoms with Gasteiger partial charge in [0.05, 0.1) is 6.42 Å². The summed E-state index contributed by atoms with van der Waals surface area (Å²) in [5, 5.41) is 0. The summed E-state index contributed by atoms with van der Waals surface area (Å²) in [5.74, 6) is 0.101. The number of hydrogen-bond donors (Lipinski definition) is 1. The first kappa shape index (κ1) is 15.3. The SMILES string of the molecule is CCN(C(=O)Cc1ccccc1CN)c1cccc(C)c1. The van der Waals surface area contributed by atoms with E-state index in [2.05, 4.69) is 0 Å². The Morgan fingerprint density at radius 3 is 2.43 bits per heavy atom. The lowest BCUT2D eigenvalue weighted by Crippen LogP contribution is -2.32. The number of nitrogens with zero attached hydrogens (tertiary/aromatic N) is 1. The molecule has 0 aliphatic rings. The third-order valence-electron chi connectivity index (χ3n) is 3.61. The summed E-state index contributed by atoms with van der Waals surface area (Å²) >= 11 is 0. The molecule has 2 N–H and O–H groups in total. The average molecular weight is 282 g/mol. The summed E-state index contributed by atoms with van der Waals surface area (Å²) in [4.78, 5) is 14.4. The number of hydrogen-bond acceptors (Lipinski definition) is 2. The normalized spacial score (nSPS) is 10.4. The number of likely N-dealkylation sites (N-methyl/N-ethyl adjacent to an activating group) is 1. The standard InChI is InChI=1S/C18H22N2O/c1-3-20(17-10-6-7-14(2)11-17)18(21)12-15-8-4-5-9-16(15)13-19/h4-11H,3,12-13,19H2,1-2H3. The molecular formula is C18H22N2O. The fourth-order valence-electron chi connectivity index (χ4n) is 2.49. The van der Waals surface area contributed by atoms with Gasteiger partial charge in [0.25, 0.3) is 0 Å².